The van der Waals surface area contributed by atoms with Crippen molar-refractivity contribution in [3.05, 3.63) is 72.3 Å². The molecule has 1 heterocycles. The monoisotopic (exact) mass is 476 g/mol. The molecule has 0 aromatic heterocycles. The van der Waals surface area contributed by atoms with E-state index in [-0.39, 0.29) is 31.4 Å². The Morgan fingerprint density at radius 1 is 0.914 bits per heavy atom. The molecule has 0 radical (unpaired) electrons. The van der Waals surface area contributed by atoms with E-state index in [2.05, 4.69) is 5.32 Å². The van der Waals surface area contributed by atoms with Gasteiger partial charge in [-0.15, -0.1) is 0 Å². The molecule has 0 fully saturated rings. The zero-order valence-electron chi connectivity index (χ0n) is 19.3. The molecule has 0 unspecified atom stereocenters. The van der Waals surface area contributed by atoms with Crippen molar-refractivity contribution in [3.63, 3.8) is 0 Å². The summed E-state index contributed by atoms with van der Waals surface area (Å²) in [7, 11) is 3.12. The summed E-state index contributed by atoms with van der Waals surface area (Å²) in [6, 6.07) is 18.5. The average molecular weight is 476 g/mol. The first-order valence-electron chi connectivity index (χ1n) is 10.8. The molecule has 0 spiro atoms. The van der Waals surface area contributed by atoms with Crippen LogP contribution in [0.15, 0.2) is 66.7 Å². The minimum absolute atomic E-state index is 0.197. The summed E-state index contributed by atoms with van der Waals surface area (Å²) in [5.74, 6) is 1.20. The number of rotatable bonds is 9. The molecular weight excluding hydrogens is 452 g/mol. The van der Waals surface area contributed by atoms with Gasteiger partial charge >= 0.3 is 0 Å². The lowest BCUT2D eigenvalue weighted by atomic mass is 10.1. The summed E-state index contributed by atoms with van der Waals surface area (Å²) in [5.41, 5.74) is 1.24. The third-order valence-electron chi connectivity index (χ3n) is 5.33. The molecule has 9 nitrogen and oxygen atoms in total. The van der Waals surface area contributed by atoms with E-state index in [0.29, 0.717) is 39.9 Å². The molecular formula is C26H24N2O7. The predicted molar refractivity (Wildman–Crippen MR) is 129 cm³/mol. The first kappa shape index (κ1) is 23.6. The van der Waals surface area contributed by atoms with Crippen LogP contribution in [0.1, 0.15) is 10.4 Å². The zero-order chi connectivity index (χ0) is 24.8. The van der Waals surface area contributed by atoms with Crippen molar-refractivity contribution in [2.45, 2.75) is 0 Å². The maximum Gasteiger partial charge on any atom is 0.265 e. The second kappa shape index (κ2) is 10.6. The standard InChI is InChI=1S/C26H24N2O7/c1-32-19-6-4-18(5-7-19)27-25(30)14-28-22-13-17(3-12-24(22)35-16-26(28)31)23(29)15-34-21-10-8-20(33-2)9-11-21/h3-13H,14-16H2,1-2H3,(H,27,30). The van der Waals surface area contributed by atoms with Crippen LogP contribution in [0.3, 0.4) is 0 Å². The molecule has 35 heavy (non-hydrogen) atoms. The van der Waals surface area contributed by atoms with Gasteiger partial charge in [0.25, 0.3) is 5.91 Å². The molecule has 0 aliphatic carbocycles. The van der Waals surface area contributed by atoms with Crippen molar-refractivity contribution in [2.24, 2.45) is 0 Å². The lowest BCUT2D eigenvalue weighted by Gasteiger charge is -2.29. The lowest BCUT2D eigenvalue weighted by molar-refractivity contribution is -0.123. The van der Waals surface area contributed by atoms with Crippen LogP contribution in [0, 0.1) is 0 Å². The fourth-order valence-electron chi connectivity index (χ4n) is 3.47. The maximum atomic E-state index is 12.7. The van der Waals surface area contributed by atoms with Crippen LogP contribution in [0.25, 0.3) is 0 Å². The molecule has 1 N–H and O–H groups in total. The van der Waals surface area contributed by atoms with Crippen LogP contribution >= 0.6 is 0 Å². The normalized spacial score (nSPS) is 12.3. The quantitative estimate of drug-likeness (QED) is 0.473. The molecule has 9 heteroatoms. The second-order valence-electron chi connectivity index (χ2n) is 7.62. The highest BCUT2D eigenvalue weighted by Gasteiger charge is 2.28. The fourth-order valence-corrected chi connectivity index (χ4v) is 3.47. The van der Waals surface area contributed by atoms with E-state index in [9.17, 15) is 14.4 Å². The molecule has 1 aliphatic heterocycles. The SMILES string of the molecule is COc1ccc(NC(=O)CN2C(=O)COc3ccc(C(=O)COc4ccc(OC)cc4)cc32)cc1. The minimum atomic E-state index is -0.393. The van der Waals surface area contributed by atoms with Gasteiger partial charge in [-0.3, -0.25) is 19.3 Å². The number of methoxy groups -OCH3 is 2. The zero-order valence-corrected chi connectivity index (χ0v) is 19.3. The molecule has 3 aromatic carbocycles. The molecule has 180 valence electrons. The third kappa shape index (κ3) is 5.70. The Labute approximate surface area is 202 Å². The maximum absolute atomic E-state index is 12.7. The van der Waals surface area contributed by atoms with Gasteiger partial charge in [-0.1, -0.05) is 0 Å². The van der Waals surface area contributed by atoms with Gasteiger partial charge in [0, 0.05) is 11.3 Å². The van der Waals surface area contributed by atoms with E-state index in [1.165, 1.54) is 11.0 Å². The highest BCUT2D eigenvalue weighted by molar-refractivity contribution is 6.06. The smallest absolute Gasteiger partial charge is 0.265 e. The van der Waals surface area contributed by atoms with Gasteiger partial charge in [0.15, 0.2) is 19.0 Å². The van der Waals surface area contributed by atoms with Gasteiger partial charge in [0.1, 0.15) is 29.5 Å². The van der Waals surface area contributed by atoms with Crippen LogP contribution in [-0.4, -0.2) is 51.6 Å². The summed E-state index contributed by atoms with van der Waals surface area (Å²) in [4.78, 5) is 39.3. The van der Waals surface area contributed by atoms with E-state index in [4.69, 9.17) is 18.9 Å². The summed E-state index contributed by atoms with van der Waals surface area (Å²) in [6.45, 7) is -0.629. The van der Waals surface area contributed by atoms with Crippen LogP contribution in [0.4, 0.5) is 11.4 Å². The molecule has 4 rings (SSSR count). The largest absolute Gasteiger partial charge is 0.497 e. The molecule has 2 amide bonds. The van der Waals surface area contributed by atoms with E-state index < -0.39 is 5.91 Å². The Bertz CT molecular complexity index is 1220. The number of benzene rings is 3. The number of carbonyl (C=O) groups is 3. The van der Waals surface area contributed by atoms with Crippen molar-refractivity contribution in [1.29, 1.82) is 0 Å². The van der Waals surface area contributed by atoms with Gasteiger partial charge in [0.05, 0.1) is 19.9 Å². The number of nitrogens with one attached hydrogen (secondary N) is 1. The van der Waals surface area contributed by atoms with Crippen molar-refractivity contribution in [3.8, 4) is 23.0 Å². The van der Waals surface area contributed by atoms with Crippen LogP contribution < -0.4 is 29.2 Å². The first-order valence-corrected chi connectivity index (χ1v) is 10.8. The van der Waals surface area contributed by atoms with Gasteiger partial charge in [-0.25, -0.2) is 0 Å². The first-order chi connectivity index (χ1) is 17.0. The average Bonchev–Trinajstić information content (AvgIpc) is 2.89. The lowest BCUT2D eigenvalue weighted by Crippen LogP contribution is -2.43. The van der Waals surface area contributed by atoms with E-state index >= 15 is 0 Å². The summed E-state index contributed by atoms with van der Waals surface area (Å²) < 4.78 is 21.3. The van der Waals surface area contributed by atoms with Crippen LogP contribution in [0.2, 0.25) is 0 Å². The van der Waals surface area contributed by atoms with E-state index in [1.54, 1.807) is 74.9 Å². The van der Waals surface area contributed by atoms with Gasteiger partial charge in [-0.05, 0) is 66.7 Å². The molecule has 0 bridgehead atoms. The van der Waals surface area contributed by atoms with Crippen molar-refractivity contribution < 1.29 is 33.3 Å². The topological polar surface area (TPSA) is 103 Å². The number of hydrogen-bond donors (Lipinski definition) is 1. The number of nitrogens with zero attached hydrogens (tertiary/aromatic N) is 1. The van der Waals surface area contributed by atoms with E-state index in [0.717, 1.165) is 0 Å². The fraction of sp³-hybridized carbons (Fsp3) is 0.192. The number of ketones is 1. The Morgan fingerprint density at radius 3 is 2.20 bits per heavy atom. The molecule has 0 atom stereocenters. The van der Waals surface area contributed by atoms with E-state index in [1.807, 2.05) is 0 Å². The number of anilines is 2. The highest BCUT2D eigenvalue weighted by Crippen LogP contribution is 2.33. The van der Waals surface area contributed by atoms with Crippen molar-refractivity contribution in [1.82, 2.24) is 0 Å². The number of Topliss-reactive ketones (excluding diaryl/α,β-unsaturated/α-hetero) is 1. The predicted octanol–water partition coefficient (Wildman–Crippen LogP) is 3.33. The Balaban J connectivity index is 1.44. The van der Waals surface area contributed by atoms with Gasteiger partial charge in [0.2, 0.25) is 5.91 Å². The van der Waals surface area contributed by atoms with Gasteiger partial charge < -0.3 is 24.3 Å². The number of hydrogen-bond acceptors (Lipinski definition) is 7. The second-order valence-corrected chi connectivity index (χ2v) is 7.62. The number of amides is 2. The molecule has 3 aromatic rings. The Kier molecular flexibility index (Phi) is 7.15. The molecule has 1 aliphatic rings. The van der Waals surface area contributed by atoms with Gasteiger partial charge in [-0.2, -0.15) is 0 Å². The van der Waals surface area contributed by atoms with Crippen molar-refractivity contribution in [2.75, 3.05) is 44.2 Å². The highest BCUT2D eigenvalue weighted by atomic mass is 16.5. The van der Waals surface area contributed by atoms with Crippen LogP contribution in [-0.2, 0) is 9.59 Å². The Morgan fingerprint density at radius 2 is 1.54 bits per heavy atom. The van der Waals surface area contributed by atoms with Crippen molar-refractivity contribution >= 4 is 29.0 Å². The summed E-state index contributed by atoms with van der Waals surface area (Å²) in [5, 5.41) is 2.75. The number of fused-ring (bicyclic) bond motifs is 1. The summed E-state index contributed by atoms with van der Waals surface area (Å²) in [6.07, 6.45) is 0. The molecule has 0 saturated carbocycles. The third-order valence-corrected chi connectivity index (χ3v) is 5.33. The number of carbonyl (C=O) groups excluding carboxylic acids is 3. The molecule has 0 saturated heterocycles. The number of ether oxygens (including phenoxy) is 4. The summed E-state index contributed by atoms with van der Waals surface area (Å²) >= 11 is 0. The van der Waals surface area contributed by atoms with Crippen LogP contribution in [0.5, 0.6) is 23.0 Å². The minimum Gasteiger partial charge on any atom is -0.497 e. The Hall–Kier alpha value is -4.53.